The van der Waals surface area contributed by atoms with Crippen molar-refractivity contribution < 1.29 is 4.79 Å². The highest BCUT2D eigenvalue weighted by Crippen LogP contribution is 2.27. The molecule has 0 saturated heterocycles. The van der Waals surface area contributed by atoms with Crippen LogP contribution in [0.2, 0.25) is 0 Å². The fraction of sp³-hybridized carbons (Fsp3) is 0.417. The standard InChI is InChI=1S/C12H14N2O2S2/c1-6(15)4-5-17-12-13-10(16)9-7(2)8(3)18-11(9)14-12/h4-5H2,1-3H3,(H,13,14,16). The molecule has 0 aliphatic carbocycles. The van der Waals surface area contributed by atoms with E-state index < -0.39 is 0 Å². The molecular weight excluding hydrogens is 268 g/mol. The summed E-state index contributed by atoms with van der Waals surface area (Å²) in [7, 11) is 0. The lowest BCUT2D eigenvalue weighted by Crippen LogP contribution is -2.09. The quantitative estimate of drug-likeness (QED) is 0.691. The molecule has 0 unspecified atom stereocenters. The molecule has 0 aliphatic rings. The van der Waals surface area contributed by atoms with Crippen LogP contribution in [0.4, 0.5) is 0 Å². The van der Waals surface area contributed by atoms with Crippen LogP contribution in [0, 0.1) is 13.8 Å². The molecule has 0 spiro atoms. The minimum atomic E-state index is -0.0906. The van der Waals surface area contributed by atoms with Crippen molar-refractivity contribution in [1.29, 1.82) is 0 Å². The minimum absolute atomic E-state index is 0.0906. The van der Waals surface area contributed by atoms with Crippen molar-refractivity contribution >= 4 is 39.1 Å². The lowest BCUT2D eigenvalue weighted by Gasteiger charge is -1.99. The highest BCUT2D eigenvalue weighted by molar-refractivity contribution is 7.99. The Morgan fingerprint density at radius 3 is 2.83 bits per heavy atom. The van der Waals surface area contributed by atoms with E-state index in [1.807, 2.05) is 13.8 Å². The minimum Gasteiger partial charge on any atom is -0.301 e. The summed E-state index contributed by atoms with van der Waals surface area (Å²) in [4.78, 5) is 31.9. The van der Waals surface area contributed by atoms with Crippen LogP contribution < -0.4 is 5.56 Å². The molecule has 96 valence electrons. The highest BCUT2D eigenvalue weighted by Gasteiger charge is 2.11. The topological polar surface area (TPSA) is 62.8 Å². The van der Waals surface area contributed by atoms with E-state index >= 15 is 0 Å². The third-order valence-electron chi connectivity index (χ3n) is 2.71. The molecule has 2 aromatic heterocycles. The van der Waals surface area contributed by atoms with Crippen LogP contribution >= 0.6 is 23.1 Å². The van der Waals surface area contributed by atoms with Crippen molar-refractivity contribution in [2.45, 2.75) is 32.3 Å². The predicted molar refractivity (Wildman–Crippen MR) is 75.7 cm³/mol. The molecular formula is C12H14N2O2S2. The highest BCUT2D eigenvalue weighted by atomic mass is 32.2. The Morgan fingerprint density at radius 2 is 2.17 bits per heavy atom. The Hall–Kier alpha value is -1.14. The zero-order valence-corrected chi connectivity index (χ0v) is 12.1. The summed E-state index contributed by atoms with van der Waals surface area (Å²) in [5.74, 6) is 0.793. The van der Waals surface area contributed by atoms with Crippen LogP contribution in [-0.4, -0.2) is 21.5 Å². The van der Waals surface area contributed by atoms with Gasteiger partial charge in [-0.3, -0.25) is 9.59 Å². The maximum Gasteiger partial charge on any atom is 0.260 e. The van der Waals surface area contributed by atoms with Crippen LogP contribution in [0.3, 0.4) is 0 Å². The summed E-state index contributed by atoms with van der Waals surface area (Å²) in [6.07, 6.45) is 0.495. The average Bonchev–Trinajstić information content (AvgIpc) is 2.54. The van der Waals surface area contributed by atoms with Gasteiger partial charge in [-0.2, -0.15) is 0 Å². The Kier molecular flexibility index (Phi) is 3.87. The van der Waals surface area contributed by atoms with E-state index in [-0.39, 0.29) is 11.3 Å². The van der Waals surface area contributed by atoms with Crippen molar-refractivity contribution in [3.8, 4) is 0 Å². The van der Waals surface area contributed by atoms with Gasteiger partial charge in [0.15, 0.2) is 5.16 Å². The first-order valence-corrected chi connectivity index (χ1v) is 7.41. The van der Waals surface area contributed by atoms with Crippen molar-refractivity contribution in [1.82, 2.24) is 9.97 Å². The number of hydrogen-bond donors (Lipinski definition) is 1. The number of aromatic amines is 1. The number of ketones is 1. The second-order valence-electron chi connectivity index (χ2n) is 4.13. The number of aryl methyl sites for hydroxylation is 2. The third kappa shape index (κ3) is 2.64. The van der Waals surface area contributed by atoms with Crippen molar-refractivity contribution in [3.05, 3.63) is 20.8 Å². The van der Waals surface area contributed by atoms with E-state index in [0.29, 0.717) is 22.7 Å². The number of thioether (sulfide) groups is 1. The Morgan fingerprint density at radius 1 is 1.44 bits per heavy atom. The molecule has 1 N–H and O–H groups in total. The number of aromatic nitrogens is 2. The number of fused-ring (bicyclic) bond motifs is 1. The summed E-state index contributed by atoms with van der Waals surface area (Å²) < 4.78 is 0. The predicted octanol–water partition coefficient (Wildman–Crippen LogP) is 2.67. The zero-order valence-electron chi connectivity index (χ0n) is 10.5. The van der Waals surface area contributed by atoms with Crippen LogP contribution in [0.5, 0.6) is 0 Å². The summed E-state index contributed by atoms with van der Waals surface area (Å²) in [6, 6.07) is 0. The molecule has 0 radical (unpaired) electrons. The van der Waals surface area contributed by atoms with Crippen LogP contribution in [0.1, 0.15) is 23.8 Å². The summed E-state index contributed by atoms with van der Waals surface area (Å²) in [5, 5.41) is 1.28. The lowest BCUT2D eigenvalue weighted by atomic mass is 10.2. The summed E-state index contributed by atoms with van der Waals surface area (Å²) in [5.41, 5.74) is 0.913. The van der Waals surface area contributed by atoms with Gasteiger partial charge in [-0.05, 0) is 26.3 Å². The fourth-order valence-corrected chi connectivity index (χ4v) is 3.59. The fourth-order valence-electron chi connectivity index (χ4n) is 1.59. The first kappa shape index (κ1) is 13.3. The van der Waals surface area contributed by atoms with Gasteiger partial charge in [-0.15, -0.1) is 11.3 Å². The number of carbonyl (C=O) groups excluding carboxylic acids is 1. The number of rotatable bonds is 4. The monoisotopic (exact) mass is 282 g/mol. The van der Waals surface area contributed by atoms with Crippen LogP contribution in [-0.2, 0) is 4.79 Å². The van der Waals surface area contributed by atoms with E-state index in [2.05, 4.69) is 9.97 Å². The van der Waals surface area contributed by atoms with Gasteiger partial charge in [0, 0.05) is 17.1 Å². The number of H-pyrrole nitrogens is 1. The van der Waals surface area contributed by atoms with E-state index in [1.165, 1.54) is 23.1 Å². The van der Waals surface area contributed by atoms with E-state index in [0.717, 1.165) is 15.3 Å². The molecule has 4 nitrogen and oxygen atoms in total. The molecule has 0 bridgehead atoms. The molecule has 0 aliphatic heterocycles. The second-order valence-corrected chi connectivity index (χ2v) is 6.42. The number of nitrogens with zero attached hydrogens (tertiary/aromatic N) is 1. The molecule has 0 saturated carbocycles. The van der Waals surface area contributed by atoms with Gasteiger partial charge in [0.1, 0.15) is 10.6 Å². The molecule has 0 amide bonds. The smallest absolute Gasteiger partial charge is 0.260 e. The maximum atomic E-state index is 12.0. The SMILES string of the molecule is CC(=O)CCSc1nc2sc(C)c(C)c2c(=O)[nH]1. The zero-order chi connectivity index (χ0) is 13.3. The molecule has 2 rings (SSSR count). The molecule has 2 heterocycles. The van der Waals surface area contributed by atoms with E-state index in [4.69, 9.17) is 0 Å². The summed E-state index contributed by atoms with van der Waals surface area (Å²) in [6.45, 7) is 5.49. The van der Waals surface area contributed by atoms with Gasteiger partial charge in [-0.25, -0.2) is 4.98 Å². The van der Waals surface area contributed by atoms with Gasteiger partial charge in [0.05, 0.1) is 5.39 Å². The molecule has 0 fully saturated rings. The molecule has 2 aromatic rings. The van der Waals surface area contributed by atoms with Crippen molar-refractivity contribution in [3.63, 3.8) is 0 Å². The first-order valence-electron chi connectivity index (χ1n) is 5.61. The van der Waals surface area contributed by atoms with Gasteiger partial charge in [-0.1, -0.05) is 11.8 Å². The van der Waals surface area contributed by atoms with Gasteiger partial charge < -0.3 is 4.98 Å². The number of hydrogen-bond acceptors (Lipinski definition) is 5. The Bertz CT molecular complexity index is 658. The number of thiophene rings is 1. The number of Topliss-reactive ketones (excluding diaryl/α,β-unsaturated/α-hetero) is 1. The van der Waals surface area contributed by atoms with Crippen LogP contribution in [0.25, 0.3) is 10.2 Å². The molecule has 18 heavy (non-hydrogen) atoms. The van der Waals surface area contributed by atoms with E-state index in [9.17, 15) is 9.59 Å². The van der Waals surface area contributed by atoms with Gasteiger partial charge >= 0.3 is 0 Å². The summed E-state index contributed by atoms with van der Waals surface area (Å²) >= 11 is 2.95. The molecule has 0 aromatic carbocycles. The van der Waals surface area contributed by atoms with Gasteiger partial charge in [0.25, 0.3) is 5.56 Å². The number of nitrogens with one attached hydrogen (secondary N) is 1. The normalized spacial score (nSPS) is 11.1. The Balaban J connectivity index is 2.32. The third-order valence-corrected chi connectivity index (χ3v) is 4.69. The average molecular weight is 282 g/mol. The van der Waals surface area contributed by atoms with Crippen molar-refractivity contribution in [2.75, 3.05) is 5.75 Å². The maximum absolute atomic E-state index is 12.0. The van der Waals surface area contributed by atoms with Crippen molar-refractivity contribution in [2.24, 2.45) is 0 Å². The largest absolute Gasteiger partial charge is 0.301 e. The lowest BCUT2D eigenvalue weighted by molar-refractivity contribution is -0.116. The molecule has 6 heteroatoms. The van der Waals surface area contributed by atoms with Crippen LogP contribution in [0.15, 0.2) is 9.95 Å². The Labute approximate surface area is 113 Å². The first-order chi connectivity index (χ1) is 8.49. The van der Waals surface area contributed by atoms with Gasteiger partial charge in [0.2, 0.25) is 0 Å². The second kappa shape index (κ2) is 5.24. The van der Waals surface area contributed by atoms with E-state index in [1.54, 1.807) is 6.92 Å². The number of carbonyl (C=O) groups is 1. The molecule has 0 atom stereocenters.